The zero-order chi connectivity index (χ0) is 13.9. The smallest absolute Gasteiger partial charge is 0.245 e. The molecule has 0 aromatic carbocycles. The fourth-order valence-electron chi connectivity index (χ4n) is 2.68. The van der Waals surface area contributed by atoms with Crippen LogP contribution in [0.5, 0.6) is 0 Å². The fraction of sp³-hybridized carbons (Fsp3) is 0.643. The van der Waals surface area contributed by atoms with Gasteiger partial charge in [0.25, 0.3) is 0 Å². The summed E-state index contributed by atoms with van der Waals surface area (Å²) in [6, 6.07) is -0.279. The molecule has 1 aliphatic heterocycles. The monoisotopic (exact) mass is 276 g/mol. The van der Waals surface area contributed by atoms with E-state index in [0.717, 1.165) is 25.8 Å². The molecule has 1 aromatic rings. The van der Waals surface area contributed by atoms with E-state index in [1.165, 1.54) is 0 Å². The van der Waals surface area contributed by atoms with Crippen molar-refractivity contribution in [3.05, 3.63) is 18.7 Å². The van der Waals surface area contributed by atoms with E-state index in [0.29, 0.717) is 25.4 Å². The van der Waals surface area contributed by atoms with Gasteiger partial charge in [-0.05, 0) is 25.2 Å². The molecule has 2 aliphatic rings. The minimum atomic E-state index is -0.279. The normalized spacial score (nSPS) is 23.6. The molecule has 1 N–H and O–H groups in total. The quantitative estimate of drug-likeness (QED) is 0.846. The molecule has 1 saturated heterocycles. The van der Waals surface area contributed by atoms with Crippen molar-refractivity contribution in [2.24, 2.45) is 5.92 Å². The van der Waals surface area contributed by atoms with Gasteiger partial charge >= 0.3 is 0 Å². The minimum absolute atomic E-state index is 0.00681. The molecule has 6 nitrogen and oxygen atoms in total. The molecule has 2 amide bonds. The average molecular weight is 276 g/mol. The summed E-state index contributed by atoms with van der Waals surface area (Å²) in [6.07, 6.45) is 8.86. The number of rotatable bonds is 5. The number of aryl methyl sites for hydroxylation is 1. The van der Waals surface area contributed by atoms with Crippen LogP contribution in [0.3, 0.4) is 0 Å². The highest BCUT2D eigenvalue weighted by Gasteiger charge is 2.40. The summed E-state index contributed by atoms with van der Waals surface area (Å²) in [4.78, 5) is 30.0. The second kappa shape index (κ2) is 5.64. The zero-order valence-electron chi connectivity index (χ0n) is 11.5. The van der Waals surface area contributed by atoms with Gasteiger partial charge in [0.05, 0.1) is 6.33 Å². The summed E-state index contributed by atoms with van der Waals surface area (Å²) >= 11 is 0. The number of carbonyl (C=O) groups is 2. The van der Waals surface area contributed by atoms with E-state index < -0.39 is 0 Å². The first-order chi connectivity index (χ1) is 9.74. The van der Waals surface area contributed by atoms with E-state index in [1.54, 1.807) is 12.5 Å². The number of hydrogen-bond donors (Lipinski definition) is 1. The maximum atomic E-state index is 12.5. The summed E-state index contributed by atoms with van der Waals surface area (Å²) in [7, 11) is 0. The molecule has 20 heavy (non-hydrogen) atoms. The van der Waals surface area contributed by atoms with Crippen molar-refractivity contribution in [3.63, 3.8) is 0 Å². The van der Waals surface area contributed by atoms with Crippen molar-refractivity contribution in [3.8, 4) is 0 Å². The molecule has 2 fully saturated rings. The number of nitrogens with zero attached hydrogens (tertiary/aromatic N) is 3. The average Bonchev–Trinajstić information content (AvgIpc) is 3.17. The molecule has 1 aliphatic carbocycles. The maximum Gasteiger partial charge on any atom is 0.245 e. The van der Waals surface area contributed by atoms with Crippen LogP contribution in [0.4, 0.5) is 0 Å². The van der Waals surface area contributed by atoms with Crippen molar-refractivity contribution >= 4 is 11.8 Å². The Bertz CT molecular complexity index is 481. The summed E-state index contributed by atoms with van der Waals surface area (Å²) < 4.78 is 2.00. The lowest BCUT2D eigenvalue weighted by molar-refractivity contribution is -0.134. The van der Waals surface area contributed by atoms with Crippen LogP contribution in [-0.4, -0.2) is 45.4 Å². The zero-order valence-corrected chi connectivity index (χ0v) is 11.5. The third-order valence-corrected chi connectivity index (χ3v) is 4.00. The van der Waals surface area contributed by atoms with Gasteiger partial charge in [-0.1, -0.05) is 0 Å². The third kappa shape index (κ3) is 3.00. The summed E-state index contributed by atoms with van der Waals surface area (Å²) in [6.45, 7) is 2.09. The van der Waals surface area contributed by atoms with Crippen molar-refractivity contribution in [2.75, 3.05) is 13.1 Å². The third-order valence-electron chi connectivity index (χ3n) is 4.00. The highest BCUT2D eigenvalue weighted by atomic mass is 16.2. The lowest BCUT2D eigenvalue weighted by Crippen LogP contribution is -2.46. The van der Waals surface area contributed by atoms with Gasteiger partial charge < -0.3 is 14.8 Å². The van der Waals surface area contributed by atoms with Crippen LogP contribution < -0.4 is 5.32 Å². The maximum absolute atomic E-state index is 12.5. The van der Waals surface area contributed by atoms with Crippen molar-refractivity contribution < 1.29 is 9.59 Å². The van der Waals surface area contributed by atoms with Gasteiger partial charge in [-0.2, -0.15) is 0 Å². The van der Waals surface area contributed by atoms with E-state index in [-0.39, 0.29) is 17.9 Å². The Hall–Kier alpha value is -1.85. The van der Waals surface area contributed by atoms with E-state index in [4.69, 9.17) is 0 Å². The van der Waals surface area contributed by atoms with E-state index in [9.17, 15) is 9.59 Å². The van der Waals surface area contributed by atoms with Crippen LogP contribution in [0.25, 0.3) is 0 Å². The molecule has 1 saturated carbocycles. The first-order valence-corrected chi connectivity index (χ1v) is 7.28. The largest absolute Gasteiger partial charge is 0.344 e. The van der Waals surface area contributed by atoms with Gasteiger partial charge in [-0.25, -0.2) is 4.98 Å². The molecule has 0 bridgehead atoms. The molecule has 1 unspecified atom stereocenters. The number of aromatic nitrogens is 2. The molecule has 6 heteroatoms. The topological polar surface area (TPSA) is 67.2 Å². The van der Waals surface area contributed by atoms with Crippen LogP contribution in [0.1, 0.15) is 25.7 Å². The second-order valence-corrected chi connectivity index (χ2v) is 5.61. The standard InChI is InChI=1S/C14H20N4O2/c19-12-4-8-18(7-1-6-17-9-5-15-10-17)14(20)13(16-12)11-2-3-11/h5,9-11,13H,1-4,6-8H2,(H,16,19). The van der Waals surface area contributed by atoms with Crippen molar-refractivity contribution in [1.82, 2.24) is 19.8 Å². The molecule has 108 valence electrons. The van der Waals surface area contributed by atoms with Gasteiger partial charge in [0.1, 0.15) is 6.04 Å². The Morgan fingerprint density at radius 2 is 2.15 bits per heavy atom. The predicted octanol–water partition coefficient (Wildman–Crippen LogP) is 0.400. The first-order valence-electron chi connectivity index (χ1n) is 7.28. The molecule has 0 spiro atoms. The predicted molar refractivity (Wildman–Crippen MR) is 72.7 cm³/mol. The van der Waals surface area contributed by atoms with Gasteiger partial charge in [0, 0.05) is 38.4 Å². The number of amides is 2. The Kier molecular flexibility index (Phi) is 3.71. The number of carbonyl (C=O) groups excluding carboxylic acids is 2. The van der Waals surface area contributed by atoms with Gasteiger partial charge in [-0.15, -0.1) is 0 Å². The Labute approximate surface area is 118 Å². The first kappa shape index (κ1) is 13.1. The Morgan fingerprint density at radius 1 is 1.30 bits per heavy atom. The lowest BCUT2D eigenvalue weighted by atomic mass is 10.1. The summed E-state index contributed by atoms with van der Waals surface area (Å²) in [5.74, 6) is 0.469. The number of nitrogens with one attached hydrogen (secondary N) is 1. The number of imidazole rings is 1. The van der Waals surface area contributed by atoms with Crippen LogP contribution in [0.15, 0.2) is 18.7 Å². The minimum Gasteiger partial charge on any atom is -0.344 e. The lowest BCUT2D eigenvalue weighted by Gasteiger charge is -2.24. The SMILES string of the molecule is O=C1CCN(CCCn2ccnc2)C(=O)C(C2CC2)N1. The second-order valence-electron chi connectivity index (χ2n) is 5.61. The van der Waals surface area contributed by atoms with E-state index in [2.05, 4.69) is 10.3 Å². The molecular weight excluding hydrogens is 256 g/mol. The number of hydrogen-bond acceptors (Lipinski definition) is 3. The van der Waals surface area contributed by atoms with Gasteiger partial charge in [0.2, 0.25) is 11.8 Å². The molecule has 1 aromatic heterocycles. The molecular formula is C14H20N4O2. The van der Waals surface area contributed by atoms with E-state index >= 15 is 0 Å². The van der Waals surface area contributed by atoms with Gasteiger partial charge in [-0.3, -0.25) is 9.59 Å². The summed E-state index contributed by atoms with van der Waals surface area (Å²) in [5, 5.41) is 2.88. The molecule has 3 rings (SSSR count). The van der Waals surface area contributed by atoms with Crippen molar-refractivity contribution in [1.29, 1.82) is 0 Å². The highest BCUT2D eigenvalue weighted by Crippen LogP contribution is 2.34. The molecule has 0 radical (unpaired) electrons. The molecule has 2 heterocycles. The van der Waals surface area contributed by atoms with Crippen LogP contribution in [-0.2, 0) is 16.1 Å². The van der Waals surface area contributed by atoms with Crippen LogP contribution >= 0.6 is 0 Å². The molecule has 1 atom stereocenters. The summed E-state index contributed by atoms with van der Waals surface area (Å²) in [5.41, 5.74) is 0. The Morgan fingerprint density at radius 3 is 2.85 bits per heavy atom. The van der Waals surface area contributed by atoms with E-state index in [1.807, 2.05) is 15.7 Å². The Balaban J connectivity index is 1.56. The van der Waals surface area contributed by atoms with Gasteiger partial charge in [0.15, 0.2) is 0 Å². The van der Waals surface area contributed by atoms with Crippen molar-refractivity contribution in [2.45, 2.75) is 38.3 Å². The van der Waals surface area contributed by atoms with Crippen LogP contribution in [0.2, 0.25) is 0 Å². The fourth-order valence-corrected chi connectivity index (χ4v) is 2.68. The highest BCUT2D eigenvalue weighted by molar-refractivity contribution is 5.90. The van der Waals surface area contributed by atoms with Crippen LogP contribution in [0, 0.1) is 5.92 Å².